The van der Waals surface area contributed by atoms with Crippen molar-refractivity contribution in [3.05, 3.63) is 71.9 Å². The molecule has 0 aliphatic carbocycles. The number of aryl methyl sites for hydroxylation is 1. The number of rotatable bonds is 3. The summed E-state index contributed by atoms with van der Waals surface area (Å²) in [5.74, 6) is 1.51. The molecule has 6 heteroatoms. The number of amides is 1. The second-order valence-corrected chi connectivity index (χ2v) is 6.05. The molecule has 128 valence electrons. The largest absolute Gasteiger partial charge is 0.464 e. The molecule has 1 aliphatic rings. The fourth-order valence-electron chi connectivity index (χ4n) is 3.04. The van der Waals surface area contributed by atoms with Crippen molar-refractivity contribution >= 4 is 5.91 Å². The maximum absolute atomic E-state index is 13.0. The molecule has 2 aromatic heterocycles. The number of morpholine rings is 1. The Morgan fingerprint density at radius 3 is 2.80 bits per heavy atom. The summed E-state index contributed by atoms with van der Waals surface area (Å²) < 4.78 is 13.0. The van der Waals surface area contributed by atoms with Gasteiger partial charge in [0.25, 0.3) is 5.91 Å². The second kappa shape index (κ2) is 6.57. The van der Waals surface area contributed by atoms with Gasteiger partial charge in [-0.15, -0.1) is 0 Å². The third-order valence-corrected chi connectivity index (χ3v) is 4.33. The maximum Gasteiger partial charge on any atom is 0.257 e. The average molecular weight is 337 g/mol. The van der Waals surface area contributed by atoms with Gasteiger partial charge in [0.05, 0.1) is 30.7 Å². The summed E-state index contributed by atoms with van der Waals surface area (Å²) in [5, 5.41) is 4.32. The Morgan fingerprint density at radius 1 is 1.20 bits per heavy atom. The summed E-state index contributed by atoms with van der Waals surface area (Å²) in [6.45, 7) is 3.38. The van der Waals surface area contributed by atoms with Gasteiger partial charge in [0.15, 0.2) is 0 Å². The van der Waals surface area contributed by atoms with E-state index in [2.05, 4.69) is 5.10 Å². The minimum Gasteiger partial charge on any atom is -0.464 e. The molecule has 1 fully saturated rings. The van der Waals surface area contributed by atoms with Crippen molar-refractivity contribution < 1.29 is 13.9 Å². The van der Waals surface area contributed by atoms with Gasteiger partial charge in [-0.25, -0.2) is 4.68 Å². The summed E-state index contributed by atoms with van der Waals surface area (Å²) in [5.41, 5.74) is 1.47. The van der Waals surface area contributed by atoms with Crippen LogP contribution in [0, 0.1) is 6.92 Å². The molecule has 0 N–H and O–H groups in total. The highest BCUT2D eigenvalue weighted by atomic mass is 16.5. The van der Waals surface area contributed by atoms with Crippen LogP contribution >= 0.6 is 0 Å². The van der Waals surface area contributed by atoms with Gasteiger partial charge in [-0.2, -0.15) is 5.10 Å². The highest BCUT2D eigenvalue weighted by Gasteiger charge is 2.32. The minimum atomic E-state index is -0.213. The topological polar surface area (TPSA) is 60.5 Å². The van der Waals surface area contributed by atoms with E-state index in [0.29, 0.717) is 25.3 Å². The Morgan fingerprint density at radius 2 is 2.04 bits per heavy atom. The fourth-order valence-corrected chi connectivity index (χ4v) is 3.04. The number of aromatic nitrogens is 2. The zero-order valence-electron chi connectivity index (χ0n) is 14.0. The first-order chi connectivity index (χ1) is 12.2. The molecule has 6 nitrogen and oxygen atoms in total. The predicted octanol–water partition coefficient (Wildman–Crippen LogP) is 2.99. The molecule has 0 unspecified atom stereocenters. The van der Waals surface area contributed by atoms with Crippen LogP contribution in [0.15, 0.2) is 59.3 Å². The number of hydrogen-bond donors (Lipinski definition) is 0. The highest BCUT2D eigenvalue weighted by Crippen LogP contribution is 2.27. The SMILES string of the molecule is Cc1ccc([C@@H]2COCCN2C(=O)c2cnn(-c3ccccc3)c2)o1. The molecule has 25 heavy (non-hydrogen) atoms. The molecular weight excluding hydrogens is 318 g/mol. The van der Waals surface area contributed by atoms with Crippen LogP contribution in [0.25, 0.3) is 5.69 Å². The van der Waals surface area contributed by atoms with Gasteiger partial charge in [-0.3, -0.25) is 4.79 Å². The summed E-state index contributed by atoms with van der Waals surface area (Å²) in [6.07, 6.45) is 3.37. The van der Waals surface area contributed by atoms with Gasteiger partial charge in [0, 0.05) is 12.7 Å². The number of carbonyl (C=O) groups excluding carboxylic acids is 1. The molecule has 1 atom stereocenters. The first-order valence-electron chi connectivity index (χ1n) is 8.27. The number of benzene rings is 1. The first kappa shape index (κ1) is 15.7. The number of furan rings is 1. The van der Waals surface area contributed by atoms with Gasteiger partial charge in [0.2, 0.25) is 0 Å². The van der Waals surface area contributed by atoms with E-state index in [4.69, 9.17) is 9.15 Å². The van der Waals surface area contributed by atoms with E-state index < -0.39 is 0 Å². The lowest BCUT2D eigenvalue weighted by molar-refractivity contribution is -0.00895. The zero-order valence-corrected chi connectivity index (χ0v) is 14.0. The van der Waals surface area contributed by atoms with Crippen LogP contribution in [0.2, 0.25) is 0 Å². The van der Waals surface area contributed by atoms with Crippen molar-refractivity contribution in [2.75, 3.05) is 19.8 Å². The molecule has 4 rings (SSSR count). The predicted molar refractivity (Wildman–Crippen MR) is 91.6 cm³/mol. The molecule has 0 bridgehead atoms. The molecule has 0 saturated carbocycles. The molecule has 0 radical (unpaired) electrons. The molecule has 1 amide bonds. The molecule has 1 saturated heterocycles. The van der Waals surface area contributed by atoms with Crippen LogP contribution < -0.4 is 0 Å². The molecule has 1 aliphatic heterocycles. The van der Waals surface area contributed by atoms with E-state index >= 15 is 0 Å². The standard InChI is InChI=1S/C19H19N3O3/c1-14-7-8-18(25-14)17-13-24-10-9-21(17)19(23)15-11-20-22(12-15)16-5-3-2-4-6-16/h2-8,11-12,17H,9-10,13H2,1H3/t17-/m0/s1. The zero-order chi connectivity index (χ0) is 17.2. The second-order valence-electron chi connectivity index (χ2n) is 6.05. The summed E-state index contributed by atoms with van der Waals surface area (Å²) >= 11 is 0. The van der Waals surface area contributed by atoms with Crippen LogP contribution in [0.5, 0.6) is 0 Å². The number of carbonyl (C=O) groups is 1. The fraction of sp³-hybridized carbons (Fsp3) is 0.263. The number of para-hydroxylation sites is 1. The van der Waals surface area contributed by atoms with Crippen molar-refractivity contribution in [2.45, 2.75) is 13.0 Å². The lowest BCUT2D eigenvalue weighted by Gasteiger charge is -2.34. The highest BCUT2D eigenvalue weighted by molar-refractivity contribution is 5.94. The molecular formula is C19H19N3O3. The van der Waals surface area contributed by atoms with E-state index in [1.807, 2.05) is 49.4 Å². The van der Waals surface area contributed by atoms with Gasteiger partial charge < -0.3 is 14.1 Å². The third kappa shape index (κ3) is 3.08. The van der Waals surface area contributed by atoms with E-state index in [0.717, 1.165) is 17.2 Å². The van der Waals surface area contributed by atoms with Gasteiger partial charge in [-0.05, 0) is 31.2 Å². The molecule has 1 aromatic carbocycles. The monoisotopic (exact) mass is 337 g/mol. The van der Waals surface area contributed by atoms with Crippen molar-refractivity contribution in [1.82, 2.24) is 14.7 Å². The van der Waals surface area contributed by atoms with E-state index in [1.165, 1.54) is 0 Å². The Balaban J connectivity index is 1.60. The van der Waals surface area contributed by atoms with Gasteiger partial charge >= 0.3 is 0 Å². The van der Waals surface area contributed by atoms with Crippen molar-refractivity contribution in [3.8, 4) is 5.69 Å². The summed E-state index contributed by atoms with van der Waals surface area (Å²) in [4.78, 5) is 14.8. The van der Waals surface area contributed by atoms with Crippen molar-refractivity contribution in [1.29, 1.82) is 0 Å². The van der Waals surface area contributed by atoms with Crippen LogP contribution in [0.3, 0.4) is 0 Å². The van der Waals surface area contributed by atoms with E-state index in [9.17, 15) is 4.79 Å². The lowest BCUT2D eigenvalue weighted by atomic mass is 10.1. The Labute approximate surface area is 145 Å². The van der Waals surface area contributed by atoms with E-state index in [-0.39, 0.29) is 11.9 Å². The van der Waals surface area contributed by atoms with Crippen LogP contribution in [-0.2, 0) is 4.74 Å². The van der Waals surface area contributed by atoms with Crippen LogP contribution in [-0.4, -0.2) is 40.3 Å². The minimum absolute atomic E-state index is 0.0652. The van der Waals surface area contributed by atoms with Gasteiger partial charge in [-0.1, -0.05) is 18.2 Å². The molecule has 0 spiro atoms. The average Bonchev–Trinajstić information content (AvgIpc) is 3.31. The summed E-state index contributed by atoms with van der Waals surface area (Å²) in [7, 11) is 0. The quantitative estimate of drug-likeness (QED) is 0.737. The third-order valence-electron chi connectivity index (χ3n) is 4.33. The molecule has 3 heterocycles. The Kier molecular flexibility index (Phi) is 4.11. The van der Waals surface area contributed by atoms with Gasteiger partial charge in [0.1, 0.15) is 17.6 Å². The number of hydrogen-bond acceptors (Lipinski definition) is 4. The Hall–Kier alpha value is -2.86. The number of nitrogens with zero attached hydrogens (tertiary/aromatic N) is 3. The smallest absolute Gasteiger partial charge is 0.257 e. The number of ether oxygens (including phenoxy) is 1. The van der Waals surface area contributed by atoms with Crippen molar-refractivity contribution in [2.24, 2.45) is 0 Å². The maximum atomic E-state index is 13.0. The van der Waals surface area contributed by atoms with Crippen molar-refractivity contribution in [3.63, 3.8) is 0 Å². The molecule has 3 aromatic rings. The summed E-state index contributed by atoms with van der Waals surface area (Å²) in [6, 6.07) is 13.3. The van der Waals surface area contributed by atoms with Crippen LogP contribution in [0.4, 0.5) is 0 Å². The first-order valence-corrected chi connectivity index (χ1v) is 8.27. The lowest BCUT2D eigenvalue weighted by Crippen LogP contribution is -2.43. The Bertz CT molecular complexity index is 869. The van der Waals surface area contributed by atoms with E-state index in [1.54, 1.807) is 22.0 Å². The normalized spacial score (nSPS) is 17.6. The van der Waals surface area contributed by atoms with Crippen LogP contribution in [0.1, 0.15) is 27.9 Å².